The van der Waals surface area contributed by atoms with Gasteiger partial charge in [0.15, 0.2) is 0 Å². The predicted molar refractivity (Wildman–Crippen MR) is 49.1 cm³/mol. The lowest BCUT2D eigenvalue weighted by atomic mass is 9.95. The summed E-state index contributed by atoms with van der Waals surface area (Å²) in [6, 6.07) is 2.28. The molecule has 11 heavy (non-hydrogen) atoms. The fourth-order valence-corrected chi connectivity index (χ4v) is 1.47. The van der Waals surface area contributed by atoms with Crippen LogP contribution in [0, 0.1) is 6.92 Å². The highest BCUT2D eigenvalue weighted by molar-refractivity contribution is 6.32. The summed E-state index contributed by atoms with van der Waals surface area (Å²) in [4.78, 5) is 4.34. The van der Waals surface area contributed by atoms with Crippen molar-refractivity contribution < 1.29 is 0 Å². The van der Waals surface area contributed by atoms with Crippen molar-refractivity contribution in [2.75, 3.05) is 0 Å². The van der Waals surface area contributed by atoms with E-state index in [1.807, 2.05) is 6.20 Å². The SMILES string of the molecule is Bc1cnc(C)c(C2CC2)c1. The average Bonchev–Trinajstić information content (AvgIpc) is 2.76. The second-order valence-electron chi connectivity index (χ2n) is 3.46. The molecule has 0 amide bonds. The van der Waals surface area contributed by atoms with Crippen LogP contribution in [-0.2, 0) is 0 Å². The van der Waals surface area contributed by atoms with Crippen molar-refractivity contribution in [3.63, 3.8) is 0 Å². The number of nitrogens with zero attached hydrogens (tertiary/aromatic N) is 1. The standard InChI is InChI=1S/C9H12BN/c1-6-9(7-2-3-7)4-8(10)5-11-6/h4-5,7H,2-3,10H2,1H3. The Morgan fingerprint density at radius 3 is 2.91 bits per heavy atom. The molecule has 0 bridgehead atoms. The summed E-state index contributed by atoms with van der Waals surface area (Å²) in [6.45, 7) is 2.10. The van der Waals surface area contributed by atoms with E-state index in [4.69, 9.17) is 0 Å². The molecule has 56 valence electrons. The normalized spacial score (nSPS) is 16.8. The summed E-state index contributed by atoms with van der Waals surface area (Å²) in [7, 11) is 2.11. The van der Waals surface area contributed by atoms with Crippen LogP contribution in [0.25, 0.3) is 0 Å². The highest BCUT2D eigenvalue weighted by Crippen LogP contribution is 2.40. The number of pyridine rings is 1. The molecule has 0 atom stereocenters. The maximum Gasteiger partial charge on any atom is 0.141 e. The van der Waals surface area contributed by atoms with E-state index in [0.29, 0.717) is 0 Å². The van der Waals surface area contributed by atoms with E-state index in [2.05, 4.69) is 25.8 Å². The lowest BCUT2D eigenvalue weighted by Crippen LogP contribution is -2.06. The minimum absolute atomic E-state index is 0.836. The number of hydrogen-bond acceptors (Lipinski definition) is 1. The number of hydrogen-bond donors (Lipinski definition) is 0. The van der Waals surface area contributed by atoms with Crippen LogP contribution >= 0.6 is 0 Å². The van der Waals surface area contributed by atoms with Gasteiger partial charge in [-0.1, -0.05) is 11.5 Å². The monoisotopic (exact) mass is 145 g/mol. The smallest absolute Gasteiger partial charge is 0.141 e. The van der Waals surface area contributed by atoms with Gasteiger partial charge in [-0.05, 0) is 31.2 Å². The molecule has 1 aromatic rings. The molecule has 1 aliphatic carbocycles. The van der Waals surface area contributed by atoms with Crippen molar-refractivity contribution in [3.05, 3.63) is 23.5 Å². The zero-order chi connectivity index (χ0) is 7.84. The molecule has 2 heteroatoms. The largest absolute Gasteiger partial charge is 0.262 e. The summed E-state index contributed by atoms with van der Waals surface area (Å²) in [5.41, 5.74) is 3.99. The highest BCUT2D eigenvalue weighted by Gasteiger charge is 2.25. The van der Waals surface area contributed by atoms with Gasteiger partial charge in [-0.15, -0.1) is 0 Å². The Kier molecular flexibility index (Phi) is 1.48. The molecule has 0 radical (unpaired) electrons. The van der Waals surface area contributed by atoms with E-state index >= 15 is 0 Å². The molecule has 1 saturated carbocycles. The van der Waals surface area contributed by atoms with E-state index in [0.717, 1.165) is 5.92 Å². The Bertz CT molecular complexity index is 279. The van der Waals surface area contributed by atoms with Crippen molar-refractivity contribution in [3.8, 4) is 0 Å². The molecule has 1 fully saturated rings. The van der Waals surface area contributed by atoms with Crippen molar-refractivity contribution in [1.82, 2.24) is 4.98 Å². The van der Waals surface area contributed by atoms with Crippen LogP contribution < -0.4 is 5.46 Å². The van der Waals surface area contributed by atoms with Crippen molar-refractivity contribution in [2.45, 2.75) is 25.7 Å². The summed E-state index contributed by atoms with van der Waals surface area (Å²) in [5, 5.41) is 0. The van der Waals surface area contributed by atoms with Crippen LogP contribution in [0.2, 0.25) is 0 Å². The van der Waals surface area contributed by atoms with Gasteiger partial charge in [0, 0.05) is 11.9 Å². The van der Waals surface area contributed by atoms with Crippen LogP contribution in [-0.4, -0.2) is 12.8 Å². The van der Waals surface area contributed by atoms with Crippen LogP contribution in [0.3, 0.4) is 0 Å². The summed E-state index contributed by atoms with van der Waals surface area (Å²) >= 11 is 0. The van der Waals surface area contributed by atoms with Gasteiger partial charge in [0.1, 0.15) is 7.85 Å². The summed E-state index contributed by atoms with van der Waals surface area (Å²) < 4.78 is 0. The third-order valence-corrected chi connectivity index (χ3v) is 2.28. The second kappa shape index (κ2) is 2.37. The first kappa shape index (κ1) is 6.90. The predicted octanol–water partition coefficient (Wildman–Crippen LogP) is 0.526. The Morgan fingerprint density at radius 2 is 2.27 bits per heavy atom. The molecule has 0 N–H and O–H groups in total. The third-order valence-electron chi connectivity index (χ3n) is 2.28. The van der Waals surface area contributed by atoms with Crippen molar-refractivity contribution >= 4 is 13.3 Å². The molecule has 0 unspecified atom stereocenters. The molecule has 0 spiro atoms. The van der Waals surface area contributed by atoms with Crippen LogP contribution in [0.1, 0.15) is 30.0 Å². The van der Waals surface area contributed by atoms with Gasteiger partial charge in [0.25, 0.3) is 0 Å². The van der Waals surface area contributed by atoms with E-state index in [9.17, 15) is 0 Å². The first-order valence-electron chi connectivity index (χ1n) is 4.20. The maximum absolute atomic E-state index is 4.34. The Hall–Kier alpha value is -0.785. The molecule has 0 saturated heterocycles. The van der Waals surface area contributed by atoms with Crippen molar-refractivity contribution in [2.24, 2.45) is 0 Å². The number of aromatic nitrogens is 1. The molecule has 0 aliphatic heterocycles. The maximum atomic E-state index is 4.34. The topological polar surface area (TPSA) is 12.9 Å². The molecule has 1 nitrogen and oxygen atoms in total. The minimum atomic E-state index is 0.836. The number of aryl methyl sites for hydroxylation is 1. The van der Waals surface area contributed by atoms with E-state index in [-0.39, 0.29) is 0 Å². The van der Waals surface area contributed by atoms with E-state index in [1.165, 1.54) is 29.6 Å². The molecule has 0 aromatic carbocycles. The fraction of sp³-hybridized carbons (Fsp3) is 0.444. The van der Waals surface area contributed by atoms with Gasteiger partial charge in [-0.25, -0.2) is 0 Å². The van der Waals surface area contributed by atoms with Crippen LogP contribution in [0.5, 0.6) is 0 Å². The zero-order valence-electron chi connectivity index (χ0n) is 7.09. The molecule has 1 aromatic heterocycles. The lowest BCUT2D eigenvalue weighted by molar-refractivity contribution is 1.04. The van der Waals surface area contributed by atoms with Gasteiger partial charge < -0.3 is 0 Å². The summed E-state index contributed by atoms with van der Waals surface area (Å²) in [6.07, 6.45) is 4.68. The lowest BCUT2D eigenvalue weighted by Gasteiger charge is -2.02. The van der Waals surface area contributed by atoms with Crippen LogP contribution in [0.15, 0.2) is 12.3 Å². The van der Waals surface area contributed by atoms with Gasteiger partial charge >= 0.3 is 0 Å². The van der Waals surface area contributed by atoms with E-state index < -0.39 is 0 Å². The first-order chi connectivity index (χ1) is 5.27. The molecular formula is C9H12BN. The Balaban J connectivity index is 2.42. The average molecular weight is 145 g/mol. The second-order valence-corrected chi connectivity index (χ2v) is 3.46. The number of rotatable bonds is 1. The van der Waals surface area contributed by atoms with Gasteiger partial charge in [-0.2, -0.15) is 0 Å². The Labute approximate surface area is 68.3 Å². The Morgan fingerprint density at radius 1 is 1.55 bits per heavy atom. The van der Waals surface area contributed by atoms with Crippen LogP contribution in [0.4, 0.5) is 0 Å². The molecule has 1 heterocycles. The third kappa shape index (κ3) is 1.30. The minimum Gasteiger partial charge on any atom is -0.262 e. The quantitative estimate of drug-likeness (QED) is 0.525. The fourth-order valence-electron chi connectivity index (χ4n) is 1.47. The zero-order valence-corrected chi connectivity index (χ0v) is 7.09. The van der Waals surface area contributed by atoms with Crippen molar-refractivity contribution in [1.29, 1.82) is 0 Å². The first-order valence-corrected chi connectivity index (χ1v) is 4.20. The molecular weight excluding hydrogens is 133 g/mol. The highest BCUT2D eigenvalue weighted by atomic mass is 14.7. The molecule has 2 rings (SSSR count). The van der Waals surface area contributed by atoms with E-state index in [1.54, 1.807) is 0 Å². The molecule has 1 aliphatic rings. The van der Waals surface area contributed by atoms with Gasteiger partial charge in [0.05, 0.1) is 0 Å². The summed E-state index contributed by atoms with van der Waals surface area (Å²) in [5.74, 6) is 0.836. The van der Waals surface area contributed by atoms with Gasteiger partial charge in [-0.3, -0.25) is 4.98 Å². The van der Waals surface area contributed by atoms with Gasteiger partial charge in [0.2, 0.25) is 0 Å².